The van der Waals surface area contributed by atoms with Gasteiger partial charge in [0.25, 0.3) is 0 Å². The first-order valence-corrected chi connectivity index (χ1v) is 7.21. The molecule has 3 N–H and O–H groups in total. The van der Waals surface area contributed by atoms with Crippen LogP contribution < -0.4 is 5.32 Å². The maximum absolute atomic E-state index is 10.5. The summed E-state index contributed by atoms with van der Waals surface area (Å²) >= 11 is 1.67. The number of benzene rings is 2. The van der Waals surface area contributed by atoms with Gasteiger partial charge in [-0.15, -0.1) is 0 Å². The summed E-state index contributed by atoms with van der Waals surface area (Å²) in [4.78, 5) is 20.2. The number of amides is 1. The van der Waals surface area contributed by atoms with Crippen LogP contribution in [0.2, 0.25) is 0 Å². The van der Waals surface area contributed by atoms with Gasteiger partial charge in [-0.2, -0.15) is 0 Å². The lowest BCUT2D eigenvalue weighted by molar-refractivity contribution is 0.193. The molecular formula is C15H13N3O2S. The number of hydrogen-bond donors (Lipinski definition) is 3. The molecule has 0 bridgehead atoms. The average Bonchev–Trinajstić information content (AvgIpc) is 2.88. The van der Waals surface area contributed by atoms with Gasteiger partial charge in [0.05, 0.1) is 17.6 Å². The van der Waals surface area contributed by atoms with Crippen molar-refractivity contribution >= 4 is 28.9 Å². The van der Waals surface area contributed by atoms with Crippen molar-refractivity contribution in [3.8, 4) is 0 Å². The van der Waals surface area contributed by atoms with Crippen molar-refractivity contribution in [3.63, 3.8) is 0 Å². The smallest absolute Gasteiger partial charge is 0.405 e. The lowest BCUT2D eigenvalue weighted by Gasteiger charge is -2.00. The van der Waals surface area contributed by atoms with Crippen LogP contribution in [-0.4, -0.2) is 21.2 Å². The third kappa shape index (κ3) is 3.35. The molecule has 3 aromatic rings. The van der Waals surface area contributed by atoms with Crippen molar-refractivity contribution < 1.29 is 9.90 Å². The summed E-state index contributed by atoms with van der Waals surface area (Å²) in [5.41, 5.74) is 1.73. The predicted octanol–water partition coefficient (Wildman–Crippen LogP) is 3.48. The molecule has 0 radical (unpaired) electrons. The number of H-pyrrole nitrogens is 1. The van der Waals surface area contributed by atoms with Crippen LogP contribution in [0.5, 0.6) is 0 Å². The van der Waals surface area contributed by atoms with Crippen molar-refractivity contribution in [2.75, 3.05) is 0 Å². The SMILES string of the molecule is O=C(O)NCc1nc2cc(Sc3ccccc3)ccc2[nH]1. The Labute approximate surface area is 125 Å². The molecule has 0 unspecified atom stereocenters. The molecule has 0 spiro atoms. The molecule has 1 amide bonds. The molecule has 2 aromatic carbocycles. The zero-order valence-corrected chi connectivity index (χ0v) is 11.9. The van der Waals surface area contributed by atoms with Crippen LogP contribution in [0, 0.1) is 0 Å². The number of aromatic nitrogens is 2. The Kier molecular flexibility index (Phi) is 3.79. The minimum absolute atomic E-state index is 0.172. The van der Waals surface area contributed by atoms with Crippen LogP contribution in [0.4, 0.5) is 4.79 Å². The van der Waals surface area contributed by atoms with Gasteiger partial charge in [0.2, 0.25) is 0 Å². The summed E-state index contributed by atoms with van der Waals surface area (Å²) in [5.74, 6) is 0.606. The van der Waals surface area contributed by atoms with Crippen LogP contribution in [-0.2, 0) is 6.54 Å². The van der Waals surface area contributed by atoms with E-state index in [-0.39, 0.29) is 6.54 Å². The maximum atomic E-state index is 10.5. The Morgan fingerprint density at radius 2 is 2.00 bits per heavy atom. The Balaban J connectivity index is 1.81. The highest BCUT2D eigenvalue weighted by atomic mass is 32.2. The molecule has 0 aliphatic heterocycles. The highest BCUT2D eigenvalue weighted by molar-refractivity contribution is 7.99. The molecule has 0 saturated carbocycles. The Bertz CT molecular complexity index is 771. The second-order valence-electron chi connectivity index (χ2n) is 4.44. The Morgan fingerprint density at radius 3 is 2.76 bits per heavy atom. The fourth-order valence-electron chi connectivity index (χ4n) is 1.97. The summed E-state index contributed by atoms with van der Waals surface area (Å²) in [6.45, 7) is 0.172. The minimum atomic E-state index is -1.06. The van der Waals surface area contributed by atoms with Crippen LogP contribution in [0.15, 0.2) is 58.3 Å². The number of aromatic amines is 1. The lowest BCUT2D eigenvalue weighted by Crippen LogP contribution is -2.20. The van der Waals surface area contributed by atoms with Crippen LogP contribution in [0.1, 0.15) is 5.82 Å². The number of carbonyl (C=O) groups is 1. The largest absolute Gasteiger partial charge is 0.465 e. The number of imidazole rings is 1. The molecule has 0 atom stereocenters. The van der Waals surface area contributed by atoms with E-state index in [4.69, 9.17) is 5.11 Å². The van der Waals surface area contributed by atoms with Crippen LogP contribution in [0.25, 0.3) is 11.0 Å². The van der Waals surface area contributed by atoms with Crippen molar-refractivity contribution in [1.29, 1.82) is 0 Å². The summed E-state index contributed by atoms with van der Waals surface area (Å²) in [5, 5.41) is 10.9. The molecule has 21 heavy (non-hydrogen) atoms. The first-order valence-electron chi connectivity index (χ1n) is 6.39. The summed E-state index contributed by atoms with van der Waals surface area (Å²) in [6, 6.07) is 16.1. The van der Waals surface area contributed by atoms with E-state index < -0.39 is 6.09 Å². The number of nitrogens with one attached hydrogen (secondary N) is 2. The van der Waals surface area contributed by atoms with E-state index in [0.717, 1.165) is 15.9 Å². The predicted molar refractivity (Wildman–Crippen MR) is 81.5 cm³/mol. The molecule has 1 aromatic heterocycles. The van der Waals surface area contributed by atoms with E-state index in [1.807, 2.05) is 36.4 Å². The third-order valence-corrected chi connectivity index (χ3v) is 3.89. The minimum Gasteiger partial charge on any atom is -0.465 e. The summed E-state index contributed by atoms with van der Waals surface area (Å²) in [6.07, 6.45) is -1.06. The summed E-state index contributed by atoms with van der Waals surface area (Å²) in [7, 11) is 0. The van der Waals surface area contributed by atoms with E-state index in [0.29, 0.717) is 5.82 Å². The highest BCUT2D eigenvalue weighted by Crippen LogP contribution is 2.29. The molecule has 5 nitrogen and oxygen atoms in total. The van der Waals surface area contributed by atoms with Crippen molar-refractivity contribution in [3.05, 3.63) is 54.4 Å². The van der Waals surface area contributed by atoms with Gasteiger partial charge in [0.15, 0.2) is 0 Å². The van der Waals surface area contributed by atoms with Crippen molar-refractivity contribution in [1.82, 2.24) is 15.3 Å². The van der Waals surface area contributed by atoms with Gasteiger partial charge in [-0.25, -0.2) is 9.78 Å². The molecule has 106 valence electrons. The molecule has 0 aliphatic carbocycles. The van der Waals surface area contributed by atoms with E-state index >= 15 is 0 Å². The lowest BCUT2D eigenvalue weighted by atomic mass is 10.3. The van der Waals surface area contributed by atoms with Gasteiger partial charge < -0.3 is 15.4 Å². The first kappa shape index (κ1) is 13.5. The maximum Gasteiger partial charge on any atom is 0.405 e. The molecule has 0 fully saturated rings. The Hall–Kier alpha value is -2.47. The van der Waals surface area contributed by atoms with Crippen LogP contribution in [0.3, 0.4) is 0 Å². The monoisotopic (exact) mass is 299 g/mol. The number of fused-ring (bicyclic) bond motifs is 1. The van der Waals surface area contributed by atoms with Gasteiger partial charge in [-0.05, 0) is 30.3 Å². The number of nitrogens with zero attached hydrogens (tertiary/aromatic N) is 1. The standard InChI is InChI=1S/C15H13N3O2S/c19-15(20)16-9-14-17-12-7-6-11(8-13(12)18-14)21-10-4-2-1-3-5-10/h1-8,16H,9H2,(H,17,18)(H,19,20). The summed E-state index contributed by atoms with van der Waals surface area (Å²) < 4.78 is 0. The Morgan fingerprint density at radius 1 is 1.19 bits per heavy atom. The second-order valence-corrected chi connectivity index (χ2v) is 5.58. The molecule has 6 heteroatoms. The molecule has 3 rings (SSSR count). The zero-order chi connectivity index (χ0) is 14.7. The molecule has 1 heterocycles. The van der Waals surface area contributed by atoms with Gasteiger partial charge in [-0.3, -0.25) is 0 Å². The highest BCUT2D eigenvalue weighted by Gasteiger charge is 2.05. The fourth-order valence-corrected chi connectivity index (χ4v) is 2.84. The van der Waals surface area contributed by atoms with E-state index in [9.17, 15) is 4.79 Å². The van der Waals surface area contributed by atoms with Crippen molar-refractivity contribution in [2.45, 2.75) is 16.3 Å². The third-order valence-electron chi connectivity index (χ3n) is 2.89. The van der Waals surface area contributed by atoms with E-state index in [1.165, 1.54) is 4.90 Å². The normalized spacial score (nSPS) is 10.7. The number of hydrogen-bond acceptors (Lipinski definition) is 3. The van der Waals surface area contributed by atoms with Crippen LogP contribution >= 0.6 is 11.8 Å². The fraction of sp³-hybridized carbons (Fsp3) is 0.0667. The topological polar surface area (TPSA) is 78.0 Å². The van der Waals surface area contributed by atoms with Gasteiger partial charge in [0.1, 0.15) is 5.82 Å². The van der Waals surface area contributed by atoms with Gasteiger partial charge in [-0.1, -0.05) is 30.0 Å². The van der Waals surface area contributed by atoms with Crippen molar-refractivity contribution in [2.24, 2.45) is 0 Å². The average molecular weight is 299 g/mol. The molecular weight excluding hydrogens is 286 g/mol. The van der Waals surface area contributed by atoms with Gasteiger partial charge >= 0.3 is 6.09 Å². The molecule has 0 saturated heterocycles. The first-order chi connectivity index (χ1) is 10.2. The second kappa shape index (κ2) is 5.88. The molecule has 0 aliphatic rings. The quantitative estimate of drug-likeness (QED) is 0.689. The van der Waals surface area contributed by atoms with E-state index in [1.54, 1.807) is 11.8 Å². The van der Waals surface area contributed by atoms with Gasteiger partial charge in [0, 0.05) is 9.79 Å². The number of carboxylic acid groups (broad SMARTS) is 1. The van der Waals surface area contributed by atoms with E-state index in [2.05, 4.69) is 27.4 Å². The zero-order valence-electron chi connectivity index (χ0n) is 11.0. The number of rotatable bonds is 4.